The van der Waals surface area contributed by atoms with Crippen molar-refractivity contribution < 1.29 is 22.6 Å². The van der Waals surface area contributed by atoms with Gasteiger partial charge in [0.25, 0.3) is 10.1 Å². The van der Waals surface area contributed by atoms with E-state index in [1.165, 1.54) is 0 Å². The highest BCUT2D eigenvalue weighted by molar-refractivity contribution is 8.15. The van der Waals surface area contributed by atoms with Crippen LogP contribution in [0.2, 0.25) is 0 Å². The van der Waals surface area contributed by atoms with Gasteiger partial charge in [0.1, 0.15) is 0 Å². The molecular formula is C12H15NO5S2. The lowest BCUT2D eigenvalue weighted by molar-refractivity contribution is -0.120. The largest absolute Gasteiger partial charge is 0.354 e. The number of benzene rings is 1. The van der Waals surface area contributed by atoms with E-state index in [0.717, 1.165) is 11.8 Å². The van der Waals surface area contributed by atoms with E-state index >= 15 is 0 Å². The van der Waals surface area contributed by atoms with Crippen LogP contribution < -0.4 is 5.32 Å². The summed E-state index contributed by atoms with van der Waals surface area (Å²) < 4.78 is 29.5. The van der Waals surface area contributed by atoms with E-state index < -0.39 is 27.0 Å². The Morgan fingerprint density at radius 1 is 1.30 bits per heavy atom. The predicted molar refractivity (Wildman–Crippen MR) is 77.3 cm³/mol. The first kappa shape index (κ1) is 16.7. The first-order valence-corrected chi connectivity index (χ1v) is 8.27. The van der Waals surface area contributed by atoms with E-state index in [1.54, 1.807) is 37.3 Å². The topological polar surface area (TPSA) is 101 Å². The lowest BCUT2D eigenvalue weighted by Gasteiger charge is -2.10. The first-order chi connectivity index (χ1) is 9.29. The highest BCUT2D eigenvalue weighted by Gasteiger charge is 2.18. The lowest BCUT2D eigenvalue weighted by Crippen LogP contribution is -2.34. The van der Waals surface area contributed by atoms with Gasteiger partial charge in [-0.3, -0.25) is 14.1 Å². The standard InChI is InChI=1S/C12H15NO5S2/c1-9(11(14)13-7-8-20(16,17)18)19-12(15)10-5-3-2-4-6-10/h2-6,9H,7-8H2,1H3,(H,13,14)(H,16,17,18). The van der Waals surface area contributed by atoms with Gasteiger partial charge in [-0.1, -0.05) is 42.1 Å². The maximum Gasteiger partial charge on any atom is 0.266 e. The molecule has 0 fully saturated rings. The van der Waals surface area contributed by atoms with Crippen LogP contribution in [0.5, 0.6) is 0 Å². The highest BCUT2D eigenvalue weighted by atomic mass is 32.2. The molecule has 110 valence electrons. The van der Waals surface area contributed by atoms with Crippen molar-refractivity contribution in [2.75, 3.05) is 12.3 Å². The van der Waals surface area contributed by atoms with Gasteiger partial charge >= 0.3 is 0 Å². The third kappa shape index (κ3) is 6.18. The number of amides is 1. The molecule has 1 unspecified atom stereocenters. The monoisotopic (exact) mass is 317 g/mol. The van der Waals surface area contributed by atoms with Crippen molar-refractivity contribution in [1.29, 1.82) is 0 Å². The minimum absolute atomic E-state index is 0.192. The lowest BCUT2D eigenvalue weighted by atomic mass is 10.2. The molecule has 20 heavy (non-hydrogen) atoms. The van der Waals surface area contributed by atoms with E-state index in [1.807, 2.05) is 0 Å². The zero-order valence-electron chi connectivity index (χ0n) is 10.8. The fourth-order valence-electron chi connectivity index (χ4n) is 1.30. The first-order valence-electron chi connectivity index (χ1n) is 5.78. The van der Waals surface area contributed by atoms with Crippen molar-refractivity contribution in [3.8, 4) is 0 Å². The summed E-state index contributed by atoms with van der Waals surface area (Å²) in [6, 6.07) is 8.54. The number of carbonyl (C=O) groups excluding carboxylic acids is 2. The normalized spacial score (nSPS) is 12.7. The van der Waals surface area contributed by atoms with Crippen LogP contribution in [0.1, 0.15) is 17.3 Å². The molecule has 0 aliphatic rings. The zero-order chi connectivity index (χ0) is 15.2. The molecule has 2 N–H and O–H groups in total. The molecule has 1 aromatic rings. The molecule has 0 spiro atoms. The molecule has 0 aliphatic heterocycles. The second-order valence-electron chi connectivity index (χ2n) is 3.99. The van der Waals surface area contributed by atoms with Gasteiger partial charge in [0.05, 0.1) is 11.0 Å². The predicted octanol–water partition coefficient (Wildman–Crippen LogP) is 0.952. The van der Waals surface area contributed by atoms with Crippen LogP contribution in [-0.2, 0) is 14.9 Å². The SMILES string of the molecule is CC(SC(=O)c1ccccc1)C(=O)NCCS(=O)(=O)O. The summed E-state index contributed by atoms with van der Waals surface area (Å²) in [6.07, 6.45) is 0. The Morgan fingerprint density at radius 3 is 2.45 bits per heavy atom. The Morgan fingerprint density at radius 2 is 1.90 bits per heavy atom. The highest BCUT2D eigenvalue weighted by Crippen LogP contribution is 2.17. The maximum absolute atomic E-state index is 11.8. The molecule has 0 radical (unpaired) electrons. The summed E-state index contributed by atoms with van der Waals surface area (Å²) in [6.45, 7) is 1.36. The van der Waals surface area contributed by atoms with Crippen molar-refractivity contribution in [1.82, 2.24) is 5.32 Å². The number of hydrogen-bond acceptors (Lipinski definition) is 5. The molecule has 1 rings (SSSR count). The van der Waals surface area contributed by atoms with Gasteiger partial charge < -0.3 is 5.32 Å². The van der Waals surface area contributed by atoms with Crippen LogP contribution in [0.15, 0.2) is 30.3 Å². The van der Waals surface area contributed by atoms with Gasteiger partial charge in [-0.2, -0.15) is 8.42 Å². The molecular weight excluding hydrogens is 302 g/mol. The fraction of sp³-hybridized carbons (Fsp3) is 0.333. The van der Waals surface area contributed by atoms with Crippen LogP contribution in [0, 0.1) is 0 Å². The third-order valence-electron chi connectivity index (χ3n) is 2.32. The van der Waals surface area contributed by atoms with E-state index in [9.17, 15) is 18.0 Å². The van der Waals surface area contributed by atoms with Crippen molar-refractivity contribution in [2.45, 2.75) is 12.2 Å². The van der Waals surface area contributed by atoms with Crippen molar-refractivity contribution >= 4 is 32.9 Å². The van der Waals surface area contributed by atoms with E-state index in [-0.39, 0.29) is 11.7 Å². The number of carbonyl (C=O) groups is 2. The number of rotatable bonds is 6. The van der Waals surface area contributed by atoms with Gasteiger partial charge in [-0.25, -0.2) is 0 Å². The molecule has 8 heteroatoms. The van der Waals surface area contributed by atoms with Crippen molar-refractivity contribution in [3.05, 3.63) is 35.9 Å². The number of nitrogens with one attached hydrogen (secondary N) is 1. The second kappa shape index (κ2) is 7.41. The minimum Gasteiger partial charge on any atom is -0.354 e. The Balaban J connectivity index is 2.44. The van der Waals surface area contributed by atoms with E-state index in [0.29, 0.717) is 5.56 Å². The third-order valence-corrected chi connectivity index (χ3v) is 4.06. The average molecular weight is 317 g/mol. The molecule has 1 aromatic carbocycles. The molecule has 0 saturated carbocycles. The summed E-state index contributed by atoms with van der Waals surface area (Å²) >= 11 is 0.856. The van der Waals surface area contributed by atoms with E-state index in [2.05, 4.69) is 5.32 Å². The second-order valence-corrected chi connectivity index (χ2v) is 6.88. The van der Waals surface area contributed by atoms with E-state index in [4.69, 9.17) is 4.55 Å². The molecule has 1 amide bonds. The summed E-state index contributed by atoms with van der Waals surface area (Å²) in [5.74, 6) is -1.01. The smallest absolute Gasteiger partial charge is 0.266 e. The van der Waals surface area contributed by atoms with Crippen molar-refractivity contribution in [3.63, 3.8) is 0 Å². The van der Waals surface area contributed by atoms with Crippen LogP contribution in [0.3, 0.4) is 0 Å². The number of thioether (sulfide) groups is 1. The Kier molecular flexibility index (Phi) is 6.18. The van der Waals surface area contributed by atoms with Gasteiger partial charge in [0.15, 0.2) is 0 Å². The Hall–Kier alpha value is -1.38. The molecule has 0 aliphatic carbocycles. The summed E-state index contributed by atoms with van der Waals surface area (Å²) in [5.41, 5.74) is 0.495. The average Bonchev–Trinajstić information content (AvgIpc) is 2.38. The number of hydrogen-bond donors (Lipinski definition) is 2. The molecule has 0 aromatic heterocycles. The Bertz CT molecular complexity index is 571. The van der Waals surface area contributed by atoms with Gasteiger partial charge in [0.2, 0.25) is 11.0 Å². The molecule has 0 saturated heterocycles. The minimum atomic E-state index is -4.10. The van der Waals surface area contributed by atoms with Crippen molar-refractivity contribution in [2.24, 2.45) is 0 Å². The van der Waals surface area contributed by atoms with Crippen LogP contribution in [0.25, 0.3) is 0 Å². The quantitative estimate of drug-likeness (QED) is 0.758. The molecule has 1 atom stereocenters. The fourth-order valence-corrected chi connectivity index (χ4v) is 2.45. The summed E-state index contributed by atoms with van der Waals surface area (Å²) in [5, 5.41) is 1.46. The zero-order valence-corrected chi connectivity index (χ0v) is 12.4. The van der Waals surface area contributed by atoms with Crippen LogP contribution >= 0.6 is 11.8 Å². The van der Waals surface area contributed by atoms with Gasteiger partial charge in [0, 0.05) is 12.1 Å². The summed E-state index contributed by atoms with van der Waals surface area (Å²) in [4.78, 5) is 23.5. The summed E-state index contributed by atoms with van der Waals surface area (Å²) in [7, 11) is -4.10. The van der Waals surface area contributed by atoms with Gasteiger partial charge in [-0.15, -0.1) is 0 Å². The molecule has 6 nitrogen and oxygen atoms in total. The molecule has 0 heterocycles. The van der Waals surface area contributed by atoms with Crippen LogP contribution in [-0.4, -0.2) is 41.5 Å². The van der Waals surface area contributed by atoms with Crippen LogP contribution in [0.4, 0.5) is 0 Å². The maximum atomic E-state index is 11.8. The van der Waals surface area contributed by atoms with Gasteiger partial charge in [-0.05, 0) is 6.92 Å². The Labute approximate surface area is 121 Å². The molecule has 0 bridgehead atoms.